The first kappa shape index (κ1) is 16.4. The Bertz CT molecular complexity index is 586. The highest BCUT2D eigenvalue weighted by molar-refractivity contribution is 7.89. The maximum absolute atomic E-state index is 12.0. The zero-order chi connectivity index (χ0) is 15.6. The highest BCUT2D eigenvalue weighted by Crippen LogP contribution is 2.14. The van der Waals surface area contributed by atoms with E-state index in [4.69, 9.17) is 5.73 Å². The van der Waals surface area contributed by atoms with Crippen LogP contribution in [0.1, 0.15) is 27.2 Å². The second-order valence-corrected chi connectivity index (χ2v) is 7.23. The number of carbonyl (C=O) groups excluding carboxylic acids is 1. The molecule has 114 valence electrons. The van der Waals surface area contributed by atoms with Crippen LogP contribution in [0, 0.1) is 0 Å². The summed E-state index contributed by atoms with van der Waals surface area (Å²) in [5, 5.41) is 6.51. The number of hydrogen-bond acceptors (Lipinski definition) is 5. The fourth-order valence-electron chi connectivity index (χ4n) is 1.55. The summed E-state index contributed by atoms with van der Waals surface area (Å²) >= 11 is 0. The van der Waals surface area contributed by atoms with E-state index in [2.05, 4.69) is 15.1 Å². The Hall–Kier alpha value is -1.61. The Labute approximate surface area is 118 Å². The Morgan fingerprint density at radius 3 is 2.50 bits per heavy atom. The van der Waals surface area contributed by atoms with Crippen LogP contribution in [0.25, 0.3) is 0 Å². The van der Waals surface area contributed by atoms with Crippen LogP contribution in [-0.2, 0) is 21.9 Å². The molecule has 1 heterocycles. The average molecular weight is 303 g/mol. The third-order valence-corrected chi connectivity index (χ3v) is 3.75. The first-order valence-electron chi connectivity index (χ1n) is 6.11. The van der Waals surface area contributed by atoms with Gasteiger partial charge in [-0.05, 0) is 20.8 Å². The van der Waals surface area contributed by atoms with Crippen molar-refractivity contribution >= 4 is 21.7 Å². The monoisotopic (exact) mass is 303 g/mol. The van der Waals surface area contributed by atoms with E-state index >= 15 is 0 Å². The SMILES string of the molecule is Cn1cc(S(=O)(=O)NCCC(=O)NC(C)(C)C)c(N)n1. The smallest absolute Gasteiger partial charge is 0.245 e. The van der Waals surface area contributed by atoms with Crippen LogP contribution in [-0.4, -0.2) is 36.2 Å². The highest BCUT2D eigenvalue weighted by Gasteiger charge is 2.21. The lowest BCUT2D eigenvalue weighted by Gasteiger charge is -2.20. The van der Waals surface area contributed by atoms with Gasteiger partial charge >= 0.3 is 0 Å². The molecule has 0 unspecified atom stereocenters. The van der Waals surface area contributed by atoms with Gasteiger partial charge in [0, 0.05) is 31.7 Å². The van der Waals surface area contributed by atoms with Gasteiger partial charge in [-0.15, -0.1) is 0 Å². The molecular formula is C11H21N5O3S. The van der Waals surface area contributed by atoms with Crippen LogP contribution in [0.5, 0.6) is 0 Å². The standard InChI is InChI=1S/C11H21N5O3S/c1-11(2,3)14-9(17)5-6-13-20(18,19)8-7-16(4)15-10(8)12/h7,13H,5-6H2,1-4H3,(H2,12,15)(H,14,17). The molecule has 0 radical (unpaired) electrons. The zero-order valence-corrected chi connectivity index (χ0v) is 12.9. The first-order chi connectivity index (χ1) is 9.01. The Kier molecular flexibility index (Phi) is 4.77. The molecule has 20 heavy (non-hydrogen) atoms. The number of nitrogens with two attached hydrogens (primary N) is 1. The largest absolute Gasteiger partial charge is 0.381 e. The van der Waals surface area contributed by atoms with E-state index < -0.39 is 10.0 Å². The summed E-state index contributed by atoms with van der Waals surface area (Å²) in [4.78, 5) is 11.5. The third-order valence-electron chi connectivity index (χ3n) is 2.27. The first-order valence-corrected chi connectivity index (χ1v) is 7.59. The number of nitrogen functional groups attached to an aromatic ring is 1. The summed E-state index contributed by atoms with van der Waals surface area (Å²) < 4.78 is 27.6. The molecule has 0 atom stereocenters. The van der Waals surface area contributed by atoms with E-state index in [0.717, 1.165) is 0 Å². The van der Waals surface area contributed by atoms with Crippen molar-refractivity contribution in [3.05, 3.63) is 6.20 Å². The minimum absolute atomic E-state index is 0.00141. The Morgan fingerprint density at radius 2 is 2.05 bits per heavy atom. The van der Waals surface area contributed by atoms with Crippen molar-refractivity contribution < 1.29 is 13.2 Å². The molecule has 0 spiro atoms. The number of carbonyl (C=O) groups is 1. The van der Waals surface area contributed by atoms with Gasteiger partial charge in [0.05, 0.1) is 0 Å². The van der Waals surface area contributed by atoms with Gasteiger partial charge in [-0.2, -0.15) is 5.10 Å². The van der Waals surface area contributed by atoms with E-state index in [1.54, 1.807) is 7.05 Å². The molecule has 1 aromatic rings. The van der Waals surface area contributed by atoms with Gasteiger partial charge in [-0.1, -0.05) is 0 Å². The van der Waals surface area contributed by atoms with Gasteiger partial charge < -0.3 is 11.1 Å². The van der Waals surface area contributed by atoms with Crippen molar-refractivity contribution in [2.24, 2.45) is 7.05 Å². The number of sulfonamides is 1. The summed E-state index contributed by atoms with van der Waals surface area (Å²) in [5.74, 6) is -0.293. The number of anilines is 1. The second-order valence-electron chi connectivity index (χ2n) is 5.50. The van der Waals surface area contributed by atoms with Gasteiger partial charge in [0.1, 0.15) is 4.90 Å². The molecule has 0 saturated carbocycles. The number of rotatable bonds is 5. The van der Waals surface area contributed by atoms with Crippen molar-refractivity contribution in [1.82, 2.24) is 19.8 Å². The average Bonchev–Trinajstić information content (AvgIpc) is 2.55. The molecule has 0 aromatic carbocycles. The summed E-state index contributed by atoms with van der Waals surface area (Å²) in [6.07, 6.45) is 1.36. The molecule has 1 rings (SSSR count). The maximum atomic E-state index is 12.0. The van der Waals surface area contributed by atoms with Crippen molar-refractivity contribution in [1.29, 1.82) is 0 Å². The molecule has 8 nitrogen and oxygen atoms in total. The number of nitrogens with one attached hydrogen (secondary N) is 2. The quantitative estimate of drug-likeness (QED) is 0.683. The summed E-state index contributed by atoms with van der Waals surface area (Å²) in [7, 11) is -2.17. The van der Waals surface area contributed by atoms with Gasteiger partial charge in [-0.3, -0.25) is 9.48 Å². The predicted octanol–water partition coefficient (Wildman–Crippen LogP) is -0.415. The summed E-state index contributed by atoms with van der Waals surface area (Å²) in [6.45, 7) is 5.56. The van der Waals surface area contributed by atoms with Crippen molar-refractivity contribution in [3.8, 4) is 0 Å². The highest BCUT2D eigenvalue weighted by atomic mass is 32.2. The number of aromatic nitrogens is 2. The molecule has 0 aliphatic heterocycles. The Balaban J connectivity index is 2.57. The van der Waals surface area contributed by atoms with E-state index in [-0.39, 0.29) is 35.1 Å². The topological polar surface area (TPSA) is 119 Å². The Morgan fingerprint density at radius 1 is 1.45 bits per heavy atom. The molecule has 1 aromatic heterocycles. The normalized spacial score (nSPS) is 12.4. The maximum Gasteiger partial charge on any atom is 0.245 e. The van der Waals surface area contributed by atoms with Crippen molar-refractivity contribution in [3.63, 3.8) is 0 Å². The van der Waals surface area contributed by atoms with Gasteiger partial charge in [0.25, 0.3) is 0 Å². The molecule has 0 aliphatic carbocycles. The molecule has 4 N–H and O–H groups in total. The van der Waals surface area contributed by atoms with Crippen LogP contribution in [0.2, 0.25) is 0 Å². The molecule has 0 fully saturated rings. The summed E-state index contributed by atoms with van der Waals surface area (Å²) in [5.41, 5.74) is 5.17. The minimum atomic E-state index is -3.75. The molecule has 9 heteroatoms. The van der Waals surface area contributed by atoms with E-state index in [0.29, 0.717) is 0 Å². The fourth-order valence-corrected chi connectivity index (χ4v) is 2.68. The van der Waals surface area contributed by atoms with Gasteiger partial charge in [0.2, 0.25) is 15.9 Å². The lowest BCUT2D eigenvalue weighted by Crippen LogP contribution is -2.41. The lowest BCUT2D eigenvalue weighted by atomic mass is 10.1. The van der Waals surface area contributed by atoms with Crippen LogP contribution in [0.3, 0.4) is 0 Å². The molecule has 0 saturated heterocycles. The van der Waals surface area contributed by atoms with Crippen LogP contribution in [0.4, 0.5) is 5.82 Å². The van der Waals surface area contributed by atoms with Crippen LogP contribution >= 0.6 is 0 Å². The predicted molar refractivity (Wildman–Crippen MR) is 75.3 cm³/mol. The molecular weight excluding hydrogens is 282 g/mol. The molecule has 0 bridgehead atoms. The fraction of sp³-hybridized carbons (Fsp3) is 0.636. The summed E-state index contributed by atoms with van der Waals surface area (Å²) in [6, 6.07) is 0. The molecule has 0 aliphatic rings. The van der Waals surface area contributed by atoms with Crippen LogP contribution < -0.4 is 15.8 Å². The van der Waals surface area contributed by atoms with Crippen molar-refractivity contribution in [2.45, 2.75) is 37.6 Å². The van der Waals surface area contributed by atoms with Gasteiger partial charge in [0.15, 0.2) is 5.82 Å². The van der Waals surface area contributed by atoms with E-state index in [1.165, 1.54) is 10.9 Å². The lowest BCUT2D eigenvalue weighted by molar-refractivity contribution is -0.122. The number of nitrogens with zero attached hydrogens (tertiary/aromatic N) is 2. The minimum Gasteiger partial charge on any atom is -0.381 e. The number of hydrogen-bond donors (Lipinski definition) is 3. The van der Waals surface area contributed by atoms with Crippen molar-refractivity contribution in [2.75, 3.05) is 12.3 Å². The number of aryl methyl sites for hydroxylation is 1. The zero-order valence-electron chi connectivity index (χ0n) is 12.1. The van der Waals surface area contributed by atoms with Gasteiger partial charge in [-0.25, -0.2) is 13.1 Å². The van der Waals surface area contributed by atoms with Crippen LogP contribution in [0.15, 0.2) is 11.1 Å². The van der Waals surface area contributed by atoms with E-state index in [9.17, 15) is 13.2 Å². The van der Waals surface area contributed by atoms with E-state index in [1.807, 2.05) is 20.8 Å². The number of amides is 1. The third kappa shape index (κ3) is 4.82. The second kappa shape index (κ2) is 5.80. The molecule has 1 amide bonds.